The monoisotopic (exact) mass is 276 g/mol. The van der Waals surface area contributed by atoms with Crippen molar-refractivity contribution < 1.29 is 14.2 Å². The van der Waals surface area contributed by atoms with Crippen molar-refractivity contribution in [2.45, 2.75) is 80.1 Å². The van der Waals surface area contributed by atoms with Gasteiger partial charge in [0.2, 0.25) is 0 Å². The Labute approximate surface area is 121 Å². The van der Waals surface area contributed by atoms with Gasteiger partial charge in [0, 0.05) is 6.61 Å². The summed E-state index contributed by atoms with van der Waals surface area (Å²) >= 11 is 0. The van der Waals surface area contributed by atoms with Gasteiger partial charge in [-0.25, -0.2) is 0 Å². The molecular weight excluding hydrogens is 240 g/mol. The van der Waals surface area contributed by atoms with Crippen LogP contribution in [0.4, 0.5) is 0 Å². The zero-order chi connectivity index (χ0) is 14.0. The molecule has 0 spiro atoms. The van der Waals surface area contributed by atoms with Crippen molar-refractivity contribution in [1.29, 1.82) is 0 Å². The summed E-state index contributed by atoms with van der Waals surface area (Å²) in [5, 5.41) is 0. The summed E-state index contributed by atoms with van der Waals surface area (Å²) in [5.74, 6) is 0.699. The minimum atomic E-state index is 0. The van der Waals surface area contributed by atoms with Crippen molar-refractivity contribution in [2.24, 2.45) is 5.92 Å². The fourth-order valence-corrected chi connectivity index (χ4v) is 1.53. The molecule has 3 nitrogen and oxygen atoms in total. The Hall–Kier alpha value is -0.120. The molecule has 0 aromatic carbocycles. The van der Waals surface area contributed by atoms with Crippen LogP contribution < -0.4 is 0 Å². The zero-order valence-corrected chi connectivity index (χ0v) is 13.1. The van der Waals surface area contributed by atoms with Crippen LogP contribution in [0, 0.1) is 5.92 Å². The highest BCUT2D eigenvalue weighted by Gasteiger charge is 2.11. The summed E-state index contributed by atoms with van der Waals surface area (Å²) in [4.78, 5) is 0. The van der Waals surface area contributed by atoms with E-state index in [0.717, 1.165) is 19.4 Å². The first kappa shape index (κ1) is 21.2. The molecule has 0 saturated carbocycles. The van der Waals surface area contributed by atoms with Gasteiger partial charge in [-0.3, -0.25) is 0 Å². The maximum Gasteiger partial charge on any atom is 0.0809 e. The maximum atomic E-state index is 5.75. The highest BCUT2D eigenvalue weighted by atomic mass is 16.6. The van der Waals surface area contributed by atoms with Crippen LogP contribution >= 0.6 is 0 Å². The molecule has 0 aliphatic heterocycles. The van der Waals surface area contributed by atoms with Gasteiger partial charge in [0.05, 0.1) is 31.5 Å². The van der Waals surface area contributed by atoms with Crippen LogP contribution in [-0.4, -0.2) is 38.1 Å². The van der Waals surface area contributed by atoms with Crippen molar-refractivity contribution in [2.75, 3.05) is 19.8 Å². The van der Waals surface area contributed by atoms with E-state index >= 15 is 0 Å². The lowest BCUT2D eigenvalue weighted by molar-refractivity contribution is -0.0793. The Kier molecular flexibility index (Phi) is 14.4. The lowest BCUT2D eigenvalue weighted by Gasteiger charge is -2.21. The molecule has 0 bridgehead atoms. The van der Waals surface area contributed by atoms with Gasteiger partial charge >= 0.3 is 0 Å². The number of rotatable bonds is 11. The van der Waals surface area contributed by atoms with Gasteiger partial charge in [0.15, 0.2) is 0 Å². The molecule has 0 heterocycles. The lowest BCUT2D eigenvalue weighted by atomic mass is 10.1. The van der Waals surface area contributed by atoms with Gasteiger partial charge in [-0.15, -0.1) is 0 Å². The molecule has 118 valence electrons. The summed E-state index contributed by atoms with van der Waals surface area (Å²) in [6.45, 7) is 14.9. The second-order valence-electron chi connectivity index (χ2n) is 5.62. The predicted molar refractivity (Wildman–Crippen MR) is 82.7 cm³/mol. The summed E-state index contributed by atoms with van der Waals surface area (Å²) in [7, 11) is 0. The Morgan fingerprint density at radius 2 is 1.58 bits per heavy atom. The average molecular weight is 276 g/mol. The normalized spacial score (nSPS) is 14.5. The molecule has 0 saturated heterocycles. The molecule has 2 atom stereocenters. The first-order valence-corrected chi connectivity index (χ1v) is 7.30. The standard InChI is InChI=1S/C15H32O3.CH4/c1-7-15(18-13(4)5)11-17-14(6)10-16-9-8-12(2)3;/h12-15H,7-11H2,1-6H3;1H4. The molecule has 0 radical (unpaired) electrons. The first-order valence-electron chi connectivity index (χ1n) is 7.30. The van der Waals surface area contributed by atoms with E-state index in [1.807, 2.05) is 0 Å². The smallest absolute Gasteiger partial charge is 0.0809 e. The van der Waals surface area contributed by atoms with Crippen LogP contribution in [0.5, 0.6) is 0 Å². The predicted octanol–water partition coefficient (Wildman–Crippen LogP) is 4.29. The van der Waals surface area contributed by atoms with Crippen molar-refractivity contribution in [3.05, 3.63) is 0 Å². The average Bonchev–Trinajstić information content (AvgIpc) is 2.29. The summed E-state index contributed by atoms with van der Waals surface area (Å²) in [6.07, 6.45) is 2.70. The third-order valence-corrected chi connectivity index (χ3v) is 2.68. The maximum absolute atomic E-state index is 5.75. The van der Waals surface area contributed by atoms with Crippen LogP contribution in [0.1, 0.15) is 61.8 Å². The quantitative estimate of drug-likeness (QED) is 0.527. The zero-order valence-electron chi connectivity index (χ0n) is 13.1. The van der Waals surface area contributed by atoms with Gasteiger partial charge in [-0.1, -0.05) is 28.2 Å². The van der Waals surface area contributed by atoms with Crippen molar-refractivity contribution in [3.63, 3.8) is 0 Å². The van der Waals surface area contributed by atoms with Gasteiger partial charge < -0.3 is 14.2 Å². The SMILES string of the molecule is C.CCC(COC(C)COCCC(C)C)OC(C)C. The summed E-state index contributed by atoms with van der Waals surface area (Å²) < 4.78 is 17.1. The van der Waals surface area contributed by atoms with Crippen LogP contribution in [0.25, 0.3) is 0 Å². The Morgan fingerprint density at radius 3 is 2.05 bits per heavy atom. The molecule has 19 heavy (non-hydrogen) atoms. The topological polar surface area (TPSA) is 27.7 Å². The summed E-state index contributed by atoms with van der Waals surface area (Å²) in [6, 6.07) is 0. The van der Waals surface area contributed by atoms with Crippen molar-refractivity contribution in [1.82, 2.24) is 0 Å². The molecule has 0 amide bonds. The molecule has 2 unspecified atom stereocenters. The fraction of sp³-hybridized carbons (Fsp3) is 1.00. The van der Waals surface area contributed by atoms with Gasteiger partial charge in [0.25, 0.3) is 0 Å². The molecule has 0 aliphatic carbocycles. The van der Waals surface area contributed by atoms with E-state index in [2.05, 4.69) is 41.5 Å². The van der Waals surface area contributed by atoms with E-state index in [0.29, 0.717) is 19.1 Å². The van der Waals surface area contributed by atoms with Crippen molar-refractivity contribution >= 4 is 0 Å². The van der Waals surface area contributed by atoms with Gasteiger partial charge in [-0.05, 0) is 39.5 Å². The van der Waals surface area contributed by atoms with Gasteiger partial charge in [-0.2, -0.15) is 0 Å². The Morgan fingerprint density at radius 1 is 0.947 bits per heavy atom. The van der Waals surface area contributed by atoms with E-state index in [1.165, 1.54) is 0 Å². The van der Waals surface area contributed by atoms with E-state index in [1.54, 1.807) is 0 Å². The Bertz CT molecular complexity index is 181. The molecular formula is C16H36O3. The number of ether oxygens (including phenoxy) is 3. The second kappa shape index (κ2) is 12.9. The third kappa shape index (κ3) is 14.1. The van der Waals surface area contributed by atoms with Crippen LogP contribution in [0.2, 0.25) is 0 Å². The van der Waals surface area contributed by atoms with E-state index < -0.39 is 0 Å². The number of hydrogen-bond donors (Lipinski definition) is 0. The van der Waals surface area contributed by atoms with E-state index in [-0.39, 0.29) is 25.7 Å². The molecule has 3 heteroatoms. The second-order valence-corrected chi connectivity index (χ2v) is 5.62. The highest BCUT2D eigenvalue weighted by Crippen LogP contribution is 2.06. The minimum absolute atomic E-state index is 0. The molecule has 0 fully saturated rings. The fourth-order valence-electron chi connectivity index (χ4n) is 1.53. The van der Waals surface area contributed by atoms with Crippen LogP contribution in [-0.2, 0) is 14.2 Å². The van der Waals surface area contributed by atoms with E-state index in [9.17, 15) is 0 Å². The summed E-state index contributed by atoms with van der Waals surface area (Å²) in [5.41, 5.74) is 0. The highest BCUT2D eigenvalue weighted by molar-refractivity contribution is 4.58. The minimum Gasteiger partial charge on any atom is -0.379 e. The van der Waals surface area contributed by atoms with Crippen molar-refractivity contribution in [3.8, 4) is 0 Å². The van der Waals surface area contributed by atoms with Gasteiger partial charge in [0.1, 0.15) is 0 Å². The Balaban J connectivity index is 0. The number of hydrogen-bond acceptors (Lipinski definition) is 3. The largest absolute Gasteiger partial charge is 0.379 e. The van der Waals surface area contributed by atoms with Crippen LogP contribution in [0.15, 0.2) is 0 Å². The molecule has 0 aromatic rings. The first-order chi connectivity index (χ1) is 8.45. The third-order valence-electron chi connectivity index (χ3n) is 2.68. The molecule has 0 aromatic heterocycles. The lowest BCUT2D eigenvalue weighted by Crippen LogP contribution is -2.27. The molecule has 0 rings (SSSR count). The van der Waals surface area contributed by atoms with E-state index in [4.69, 9.17) is 14.2 Å². The molecule has 0 aliphatic rings. The van der Waals surface area contributed by atoms with Crippen LogP contribution in [0.3, 0.4) is 0 Å². The molecule has 0 N–H and O–H groups in total.